The fourth-order valence-corrected chi connectivity index (χ4v) is 2.03. The molecular weight excluding hydrogens is 186 g/mol. The van der Waals surface area contributed by atoms with Crippen molar-refractivity contribution in [1.82, 2.24) is 4.98 Å². The Balaban J connectivity index is 2.49. The first-order valence-corrected chi connectivity index (χ1v) is 4.69. The fraction of sp³-hybridized carbons (Fsp3) is 0.222. The molecule has 1 aromatic heterocycles. The Morgan fingerprint density at radius 2 is 2.23 bits per heavy atom. The second kappa shape index (κ2) is 3.41. The summed E-state index contributed by atoms with van der Waals surface area (Å²) in [7, 11) is 1.46. The number of thiazole rings is 1. The predicted octanol–water partition coefficient (Wildman–Crippen LogP) is 1.93. The van der Waals surface area contributed by atoms with Gasteiger partial charge in [-0.1, -0.05) is 12.1 Å². The number of hydrogen-bond acceptors (Lipinski definition) is 4. The quantitative estimate of drug-likeness (QED) is 0.744. The lowest BCUT2D eigenvalue weighted by atomic mass is 10.3. The maximum Gasteiger partial charge on any atom is 0.208 e. The monoisotopic (exact) mass is 195 g/mol. The van der Waals surface area contributed by atoms with Crippen LogP contribution in [0.2, 0.25) is 0 Å². The Bertz CT molecular complexity index is 380. The molecule has 0 aliphatic carbocycles. The number of ether oxygens (including phenoxy) is 1. The van der Waals surface area contributed by atoms with E-state index in [4.69, 9.17) is 4.74 Å². The summed E-state index contributed by atoms with van der Waals surface area (Å²) in [5.41, 5.74) is 0.901. The number of fused-ring (bicyclic) bond motifs is 1. The Kier molecular flexibility index (Phi) is 2.26. The van der Waals surface area contributed by atoms with Crippen molar-refractivity contribution in [3.05, 3.63) is 29.3 Å². The van der Waals surface area contributed by atoms with Crippen LogP contribution in [0.3, 0.4) is 0 Å². The third kappa shape index (κ3) is 1.56. The van der Waals surface area contributed by atoms with E-state index in [1.165, 1.54) is 18.4 Å². The van der Waals surface area contributed by atoms with Crippen LogP contribution < -0.4 is 0 Å². The van der Waals surface area contributed by atoms with Crippen molar-refractivity contribution >= 4 is 21.6 Å². The largest absolute Gasteiger partial charge is 0.362 e. The van der Waals surface area contributed by atoms with E-state index >= 15 is 0 Å². The van der Waals surface area contributed by atoms with E-state index in [2.05, 4.69) is 4.98 Å². The molecule has 1 heterocycles. The molecule has 2 aromatic rings. The van der Waals surface area contributed by atoms with Gasteiger partial charge in [-0.2, -0.15) is 0 Å². The molecule has 0 saturated heterocycles. The maximum atomic E-state index is 9.36. The summed E-state index contributed by atoms with van der Waals surface area (Å²) in [4.78, 5) is 4.23. The molecule has 1 N–H and O–H groups in total. The molecule has 1 aromatic carbocycles. The van der Waals surface area contributed by atoms with Crippen LogP contribution >= 0.6 is 11.3 Å². The van der Waals surface area contributed by atoms with Gasteiger partial charge >= 0.3 is 0 Å². The molecule has 0 aliphatic heterocycles. The lowest BCUT2D eigenvalue weighted by Gasteiger charge is -2.01. The van der Waals surface area contributed by atoms with E-state index in [-0.39, 0.29) is 0 Å². The SMILES string of the molecule is COC(O)c1nc2ccccc2s1. The van der Waals surface area contributed by atoms with E-state index < -0.39 is 6.29 Å². The van der Waals surface area contributed by atoms with Gasteiger partial charge in [-0.3, -0.25) is 0 Å². The minimum absolute atomic E-state index is 0.601. The van der Waals surface area contributed by atoms with E-state index in [1.54, 1.807) is 0 Å². The second-order valence-electron chi connectivity index (χ2n) is 2.61. The van der Waals surface area contributed by atoms with Gasteiger partial charge in [0.1, 0.15) is 5.01 Å². The average Bonchev–Trinajstić information content (AvgIpc) is 2.59. The smallest absolute Gasteiger partial charge is 0.208 e. The Morgan fingerprint density at radius 1 is 1.46 bits per heavy atom. The molecule has 0 fully saturated rings. The fourth-order valence-electron chi connectivity index (χ4n) is 1.10. The van der Waals surface area contributed by atoms with Gasteiger partial charge in [0.05, 0.1) is 10.2 Å². The Morgan fingerprint density at radius 3 is 2.92 bits per heavy atom. The van der Waals surface area contributed by atoms with E-state index in [0.29, 0.717) is 5.01 Å². The molecule has 0 saturated carbocycles. The highest BCUT2D eigenvalue weighted by atomic mass is 32.1. The topological polar surface area (TPSA) is 42.4 Å². The van der Waals surface area contributed by atoms with E-state index in [1.807, 2.05) is 24.3 Å². The normalized spacial score (nSPS) is 13.4. The van der Waals surface area contributed by atoms with E-state index in [9.17, 15) is 5.11 Å². The molecule has 0 radical (unpaired) electrons. The molecule has 0 amide bonds. The first kappa shape index (κ1) is 8.62. The van der Waals surface area contributed by atoms with Crippen molar-refractivity contribution in [1.29, 1.82) is 0 Å². The molecule has 4 heteroatoms. The standard InChI is InChI=1S/C9H9NO2S/c1-12-9(11)8-10-6-4-2-3-5-7(6)13-8/h2-5,9,11H,1H3. The van der Waals surface area contributed by atoms with Crippen molar-refractivity contribution in [3.8, 4) is 0 Å². The zero-order valence-corrected chi connectivity index (χ0v) is 7.91. The molecule has 68 valence electrons. The lowest BCUT2D eigenvalue weighted by Crippen LogP contribution is -1.97. The molecule has 0 bridgehead atoms. The van der Waals surface area contributed by atoms with Crippen LogP contribution in [-0.2, 0) is 4.74 Å². The zero-order chi connectivity index (χ0) is 9.26. The average molecular weight is 195 g/mol. The van der Waals surface area contributed by atoms with Crippen molar-refractivity contribution in [2.75, 3.05) is 7.11 Å². The second-order valence-corrected chi connectivity index (χ2v) is 3.67. The number of nitrogens with zero attached hydrogens (tertiary/aromatic N) is 1. The Labute approximate surface area is 79.6 Å². The molecular formula is C9H9NO2S. The molecule has 2 rings (SSSR count). The van der Waals surface area contributed by atoms with Crippen LogP contribution in [0.5, 0.6) is 0 Å². The highest BCUT2D eigenvalue weighted by Gasteiger charge is 2.11. The van der Waals surface area contributed by atoms with Gasteiger partial charge in [0.25, 0.3) is 0 Å². The van der Waals surface area contributed by atoms with Crippen LogP contribution in [0, 0.1) is 0 Å². The van der Waals surface area contributed by atoms with Gasteiger partial charge in [0.15, 0.2) is 0 Å². The van der Waals surface area contributed by atoms with Gasteiger partial charge < -0.3 is 9.84 Å². The van der Waals surface area contributed by atoms with Crippen LogP contribution in [0.4, 0.5) is 0 Å². The molecule has 1 unspecified atom stereocenters. The van der Waals surface area contributed by atoms with Gasteiger partial charge in [0.2, 0.25) is 6.29 Å². The van der Waals surface area contributed by atoms with Crippen LogP contribution in [0.25, 0.3) is 10.2 Å². The number of hydrogen-bond donors (Lipinski definition) is 1. The zero-order valence-electron chi connectivity index (χ0n) is 7.10. The van der Waals surface area contributed by atoms with Crippen molar-refractivity contribution in [3.63, 3.8) is 0 Å². The summed E-state index contributed by atoms with van der Waals surface area (Å²) in [5.74, 6) is 0. The third-order valence-corrected chi connectivity index (χ3v) is 2.81. The van der Waals surface area contributed by atoms with Crippen LogP contribution in [0.15, 0.2) is 24.3 Å². The summed E-state index contributed by atoms with van der Waals surface area (Å²) in [6.45, 7) is 0. The summed E-state index contributed by atoms with van der Waals surface area (Å²) in [5, 5.41) is 9.96. The summed E-state index contributed by atoms with van der Waals surface area (Å²) >= 11 is 1.44. The number of benzene rings is 1. The number of aliphatic hydroxyl groups excluding tert-OH is 1. The molecule has 1 atom stereocenters. The summed E-state index contributed by atoms with van der Waals surface area (Å²) in [6, 6.07) is 7.76. The van der Waals surface area contributed by atoms with Gasteiger partial charge in [-0.05, 0) is 12.1 Å². The highest BCUT2D eigenvalue weighted by Crippen LogP contribution is 2.26. The van der Waals surface area contributed by atoms with E-state index in [0.717, 1.165) is 10.2 Å². The molecule has 0 spiro atoms. The molecule has 3 nitrogen and oxygen atoms in total. The number of aliphatic hydroxyl groups is 1. The summed E-state index contributed by atoms with van der Waals surface area (Å²) in [6.07, 6.45) is -0.905. The minimum atomic E-state index is -0.905. The first-order valence-electron chi connectivity index (χ1n) is 3.87. The summed E-state index contributed by atoms with van der Waals surface area (Å²) < 4.78 is 5.83. The third-order valence-electron chi connectivity index (χ3n) is 1.74. The Hall–Kier alpha value is -0.970. The predicted molar refractivity (Wildman–Crippen MR) is 51.6 cm³/mol. The van der Waals surface area contributed by atoms with Gasteiger partial charge in [0, 0.05) is 7.11 Å². The number of methoxy groups -OCH3 is 1. The number of rotatable bonds is 2. The highest BCUT2D eigenvalue weighted by molar-refractivity contribution is 7.18. The van der Waals surface area contributed by atoms with Gasteiger partial charge in [-0.25, -0.2) is 4.98 Å². The lowest BCUT2D eigenvalue weighted by molar-refractivity contribution is -0.0768. The number of para-hydroxylation sites is 1. The van der Waals surface area contributed by atoms with Crippen LogP contribution in [-0.4, -0.2) is 17.2 Å². The van der Waals surface area contributed by atoms with Crippen molar-refractivity contribution in [2.24, 2.45) is 0 Å². The van der Waals surface area contributed by atoms with Gasteiger partial charge in [-0.15, -0.1) is 11.3 Å². The van der Waals surface area contributed by atoms with Crippen LogP contribution in [0.1, 0.15) is 11.3 Å². The maximum absolute atomic E-state index is 9.36. The van der Waals surface area contributed by atoms with Crippen molar-refractivity contribution in [2.45, 2.75) is 6.29 Å². The molecule has 13 heavy (non-hydrogen) atoms. The minimum Gasteiger partial charge on any atom is -0.362 e. The van der Waals surface area contributed by atoms with Crippen molar-refractivity contribution < 1.29 is 9.84 Å². The first-order chi connectivity index (χ1) is 6.31. The molecule has 0 aliphatic rings. The number of aromatic nitrogens is 1.